The lowest BCUT2D eigenvalue weighted by atomic mass is 9.82. The SMILES string of the molecule is CC1(C)c2ccccc2-c2c(N(c3ccc(-c4cccc5cccc(-c6ccccc6)c45)c(-c4ccc5ccccc5c4)c3)c3ccccc3-c3cccc4c3ccc3c(-c5ccccc5)cccc34)cccc21. The van der Waals surface area contributed by atoms with Gasteiger partial charge in [-0.2, -0.15) is 0 Å². The van der Waals surface area contributed by atoms with Crippen molar-refractivity contribution >= 4 is 60.2 Å². The largest absolute Gasteiger partial charge is 0.309 e. The van der Waals surface area contributed by atoms with Crippen molar-refractivity contribution in [1.82, 2.24) is 0 Å². The van der Waals surface area contributed by atoms with Gasteiger partial charge in [0.2, 0.25) is 0 Å². The van der Waals surface area contributed by atoms with Crippen LogP contribution in [0.5, 0.6) is 0 Å². The third kappa shape index (κ3) is 7.00. The van der Waals surface area contributed by atoms with Gasteiger partial charge in [0.25, 0.3) is 0 Å². The van der Waals surface area contributed by atoms with Gasteiger partial charge in [-0.05, 0) is 140 Å². The van der Waals surface area contributed by atoms with Crippen molar-refractivity contribution in [3.63, 3.8) is 0 Å². The van der Waals surface area contributed by atoms with Gasteiger partial charge < -0.3 is 4.90 Å². The first-order valence-electron chi connectivity index (χ1n) is 25.8. The van der Waals surface area contributed by atoms with E-state index in [9.17, 15) is 0 Å². The Balaban J connectivity index is 1.05. The molecule has 1 aliphatic rings. The van der Waals surface area contributed by atoms with E-state index in [1.54, 1.807) is 0 Å². The van der Waals surface area contributed by atoms with E-state index in [4.69, 9.17) is 0 Å². The van der Waals surface area contributed by atoms with Crippen LogP contribution in [0.4, 0.5) is 17.1 Å². The first kappa shape index (κ1) is 43.5. The Bertz CT molecular complexity index is 4330. The highest BCUT2D eigenvalue weighted by Gasteiger charge is 2.38. The van der Waals surface area contributed by atoms with Crippen LogP contribution in [-0.2, 0) is 5.41 Å². The summed E-state index contributed by atoms with van der Waals surface area (Å²) >= 11 is 0. The number of rotatable bonds is 8. The molecule has 0 bridgehead atoms. The Labute approximate surface area is 432 Å². The van der Waals surface area contributed by atoms with Crippen LogP contribution in [0.3, 0.4) is 0 Å². The van der Waals surface area contributed by atoms with Crippen molar-refractivity contribution in [2.45, 2.75) is 19.3 Å². The van der Waals surface area contributed by atoms with E-state index in [1.165, 1.54) is 115 Å². The van der Waals surface area contributed by atoms with Crippen LogP contribution in [0.15, 0.2) is 273 Å². The number of hydrogen-bond donors (Lipinski definition) is 0. The predicted octanol–water partition coefficient (Wildman–Crippen LogP) is 20.4. The van der Waals surface area contributed by atoms with Gasteiger partial charge in [-0.15, -0.1) is 0 Å². The highest BCUT2D eigenvalue weighted by atomic mass is 15.1. The molecule has 0 aromatic heterocycles. The molecule has 14 rings (SSSR count). The molecule has 1 aliphatic carbocycles. The molecule has 1 nitrogen and oxygen atoms in total. The minimum atomic E-state index is -0.187. The fourth-order valence-electron chi connectivity index (χ4n) is 12.4. The molecule has 74 heavy (non-hydrogen) atoms. The molecule has 0 radical (unpaired) electrons. The maximum Gasteiger partial charge on any atom is 0.0543 e. The van der Waals surface area contributed by atoms with Gasteiger partial charge in [0.05, 0.1) is 11.4 Å². The zero-order valence-electron chi connectivity index (χ0n) is 41.4. The first-order valence-corrected chi connectivity index (χ1v) is 25.8. The van der Waals surface area contributed by atoms with Gasteiger partial charge in [0, 0.05) is 22.2 Å². The smallest absolute Gasteiger partial charge is 0.0543 e. The van der Waals surface area contributed by atoms with E-state index in [2.05, 4.69) is 292 Å². The first-order chi connectivity index (χ1) is 36.5. The van der Waals surface area contributed by atoms with Gasteiger partial charge >= 0.3 is 0 Å². The number of fused-ring (bicyclic) bond motifs is 8. The zero-order chi connectivity index (χ0) is 49.3. The summed E-state index contributed by atoms with van der Waals surface area (Å²) < 4.78 is 0. The summed E-state index contributed by atoms with van der Waals surface area (Å²) in [5.74, 6) is 0. The second kappa shape index (κ2) is 17.5. The van der Waals surface area contributed by atoms with Gasteiger partial charge in [-0.1, -0.05) is 257 Å². The maximum atomic E-state index is 2.56. The molecule has 348 valence electrons. The molecule has 0 unspecified atom stereocenters. The third-order valence-corrected chi connectivity index (χ3v) is 15.9. The van der Waals surface area contributed by atoms with E-state index in [0.29, 0.717) is 0 Å². The van der Waals surface area contributed by atoms with Gasteiger partial charge in [0.1, 0.15) is 0 Å². The molecular formula is C73H51N. The van der Waals surface area contributed by atoms with E-state index in [-0.39, 0.29) is 5.41 Å². The minimum absolute atomic E-state index is 0.187. The Morgan fingerprint density at radius 1 is 0.270 bits per heavy atom. The van der Waals surface area contributed by atoms with Crippen molar-refractivity contribution in [3.05, 3.63) is 284 Å². The molecule has 13 aromatic rings. The molecule has 0 heterocycles. The second-order valence-corrected chi connectivity index (χ2v) is 20.3. The van der Waals surface area contributed by atoms with Crippen molar-refractivity contribution in [2.75, 3.05) is 4.90 Å². The summed E-state index contributed by atoms with van der Waals surface area (Å²) in [6.07, 6.45) is 0. The van der Waals surface area contributed by atoms with E-state index in [1.807, 2.05) is 0 Å². The molecule has 0 aliphatic heterocycles. The van der Waals surface area contributed by atoms with E-state index in [0.717, 1.165) is 22.6 Å². The summed E-state index contributed by atoms with van der Waals surface area (Å²) in [5, 5.41) is 9.86. The van der Waals surface area contributed by atoms with Gasteiger partial charge in [-0.3, -0.25) is 0 Å². The summed E-state index contributed by atoms with van der Waals surface area (Å²) in [7, 11) is 0. The summed E-state index contributed by atoms with van der Waals surface area (Å²) in [6, 6.07) is 101. The molecule has 0 amide bonds. The Kier molecular flexibility index (Phi) is 10.3. The topological polar surface area (TPSA) is 3.24 Å². The highest BCUT2D eigenvalue weighted by Crippen LogP contribution is 2.56. The number of para-hydroxylation sites is 1. The summed E-state index contributed by atoms with van der Waals surface area (Å²) in [5.41, 5.74) is 20.4. The lowest BCUT2D eigenvalue weighted by Gasteiger charge is -2.31. The quantitative estimate of drug-likeness (QED) is 0.137. The Hall–Kier alpha value is -9.30. The molecule has 0 fully saturated rings. The van der Waals surface area contributed by atoms with Crippen molar-refractivity contribution in [1.29, 1.82) is 0 Å². The second-order valence-electron chi connectivity index (χ2n) is 20.3. The third-order valence-electron chi connectivity index (χ3n) is 15.9. The predicted molar refractivity (Wildman–Crippen MR) is 316 cm³/mol. The molecule has 0 N–H and O–H groups in total. The van der Waals surface area contributed by atoms with Crippen LogP contribution < -0.4 is 4.90 Å². The summed E-state index contributed by atoms with van der Waals surface area (Å²) in [6.45, 7) is 4.76. The normalized spacial score (nSPS) is 12.6. The van der Waals surface area contributed by atoms with Gasteiger partial charge in [0.15, 0.2) is 0 Å². The Morgan fingerprint density at radius 3 is 1.58 bits per heavy atom. The standard InChI is InChI=1S/C73H51N/c1-73(2)67-36-13-11-29-65(67)72-68(73)37-19-39-70(72)74(69-38-14-12-28-63(69)59-34-18-33-58-57-32-17-30-55(49-21-5-3-6-22-49)60(57)44-45-61(58)59)54-42-43-62(66(47-54)53-41-40-48-20-9-10-25-52(48)46-53)64-35-16-27-51-26-15-31-56(71(51)64)50-23-7-4-8-24-50/h3-47H,1-2H3. The Morgan fingerprint density at radius 2 is 0.811 bits per heavy atom. The fourth-order valence-corrected chi connectivity index (χ4v) is 12.4. The zero-order valence-corrected chi connectivity index (χ0v) is 41.4. The van der Waals surface area contributed by atoms with Crippen molar-refractivity contribution < 1.29 is 0 Å². The molecule has 0 spiro atoms. The van der Waals surface area contributed by atoms with E-state index >= 15 is 0 Å². The van der Waals surface area contributed by atoms with E-state index < -0.39 is 0 Å². The van der Waals surface area contributed by atoms with Crippen molar-refractivity contribution in [3.8, 4) is 66.8 Å². The van der Waals surface area contributed by atoms with Crippen LogP contribution >= 0.6 is 0 Å². The molecule has 0 saturated carbocycles. The van der Waals surface area contributed by atoms with Crippen LogP contribution in [0.2, 0.25) is 0 Å². The minimum Gasteiger partial charge on any atom is -0.309 e. The van der Waals surface area contributed by atoms with Crippen LogP contribution in [0.1, 0.15) is 25.0 Å². The monoisotopic (exact) mass is 941 g/mol. The molecule has 13 aromatic carbocycles. The van der Waals surface area contributed by atoms with Gasteiger partial charge in [-0.25, -0.2) is 0 Å². The van der Waals surface area contributed by atoms with Crippen LogP contribution in [0.25, 0.3) is 110 Å². The molecule has 1 heteroatoms. The van der Waals surface area contributed by atoms with Crippen LogP contribution in [-0.4, -0.2) is 0 Å². The lowest BCUT2D eigenvalue weighted by Crippen LogP contribution is -2.16. The summed E-state index contributed by atoms with van der Waals surface area (Å²) in [4.78, 5) is 2.56. The maximum absolute atomic E-state index is 2.56. The number of benzene rings is 13. The fraction of sp³-hybridized carbons (Fsp3) is 0.0411. The average molecular weight is 942 g/mol. The van der Waals surface area contributed by atoms with Crippen LogP contribution in [0, 0.1) is 0 Å². The number of anilines is 3. The molecular weight excluding hydrogens is 891 g/mol. The highest BCUT2D eigenvalue weighted by molar-refractivity contribution is 6.17. The molecule has 0 saturated heterocycles. The lowest BCUT2D eigenvalue weighted by molar-refractivity contribution is 0.660. The van der Waals surface area contributed by atoms with Crippen molar-refractivity contribution in [2.24, 2.45) is 0 Å². The molecule has 0 atom stereocenters. The number of hydrogen-bond acceptors (Lipinski definition) is 1. The average Bonchev–Trinajstić information content (AvgIpc) is 3.76. The number of nitrogens with zero attached hydrogens (tertiary/aromatic N) is 1.